The standard InChI is InChI=1S/C56H37NO/c1-2-12-38(13-3-1)40-24-26-41(27-25-40)42-30-32-47(33-31-42)57(48-19-10-18-45(37-48)50-22-11-17-43-15-6-7-20-49(43)50)53-35-34-51(46-29-28-39-14-4-5-16-44(39)36-46)56-55(53)52-21-8-9-23-54(52)58-56/h1-37H. The van der Waals surface area contributed by atoms with Crippen LogP contribution in [-0.2, 0) is 0 Å². The van der Waals surface area contributed by atoms with Crippen LogP contribution in [0.2, 0.25) is 0 Å². The molecular weight excluding hydrogens is 703 g/mol. The summed E-state index contributed by atoms with van der Waals surface area (Å²) < 4.78 is 6.85. The number of hydrogen-bond acceptors (Lipinski definition) is 2. The van der Waals surface area contributed by atoms with Gasteiger partial charge < -0.3 is 9.32 Å². The van der Waals surface area contributed by atoms with Gasteiger partial charge in [0, 0.05) is 22.3 Å². The molecule has 0 radical (unpaired) electrons. The molecule has 0 fully saturated rings. The Balaban J connectivity index is 1.09. The van der Waals surface area contributed by atoms with Gasteiger partial charge in [-0.15, -0.1) is 0 Å². The van der Waals surface area contributed by atoms with Gasteiger partial charge >= 0.3 is 0 Å². The van der Waals surface area contributed by atoms with E-state index in [1.54, 1.807) is 0 Å². The predicted molar refractivity (Wildman–Crippen MR) is 245 cm³/mol. The van der Waals surface area contributed by atoms with Gasteiger partial charge in [-0.05, 0) is 109 Å². The lowest BCUT2D eigenvalue weighted by atomic mass is 9.96. The summed E-state index contributed by atoms with van der Waals surface area (Å²) in [7, 11) is 0. The zero-order valence-corrected chi connectivity index (χ0v) is 31.7. The SMILES string of the molecule is c1ccc(-c2ccc(-c3ccc(N(c4cccc(-c5cccc6ccccc56)c4)c4ccc(-c5ccc6ccccc6c5)c5oc6ccccc6c45)cc3)cc2)cc1. The topological polar surface area (TPSA) is 16.4 Å². The zero-order chi connectivity index (χ0) is 38.4. The minimum Gasteiger partial charge on any atom is -0.455 e. The van der Waals surface area contributed by atoms with Crippen molar-refractivity contribution < 1.29 is 4.42 Å². The van der Waals surface area contributed by atoms with E-state index in [0.29, 0.717) is 0 Å². The molecule has 1 heterocycles. The first-order valence-electron chi connectivity index (χ1n) is 19.8. The monoisotopic (exact) mass is 739 g/mol. The molecule has 0 spiro atoms. The number of benzene rings is 10. The molecule has 1 aromatic heterocycles. The van der Waals surface area contributed by atoms with Crippen molar-refractivity contribution >= 4 is 60.5 Å². The molecule has 58 heavy (non-hydrogen) atoms. The maximum absolute atomic E-state index is 6.85. The Morgan fingerprint density at radius 1 is 0.310 bits per heavy atom. The quantitative estimate of drug-likeness (QED) is 0.162. The second-order valence-electron chi connectivity index (χ2n) is 14.9. The summed E-state index contributed by atoms with van der Waals surface area (Å²) in [6.45, 7) is 0. The highest BCUT2D eigenvalue weighted by molar-refractivity contribution is 6.17. The predicted octanol–water partition coefficient (Wildman–Crippen LogP) is 16.0. The van der Waals surface area contributed by atoms with E-state index in [1.165, 1.54) is 49.4 Å². The molecule has 2 heteroatoms. The highest BCUT2D eigenvalue weighted by Gasteiger charge is 2.23. The van der Waals surface area contributed by atoms with Crippen LogP contribution in [0.25, 0.3) is 88.0 Å². The lowest BCUT2D eigenvalue weighted by Gasteiger charge is -2.27. The molecule has 0 amide bonds. The van der Waals surface area contributed by atoms with Crippen LogP contribution in [0.3, 0.4) is 0 Å². The smallest absolute Gasteiger partial charge is 0.145 e. The second kappa shape index (κ2) is 14.1. The molecule has 0 aliphatic carbocycles. The van der Waals surface area contributed by atoms with Crippen LogP contribution >= 0.6 is 0 Å². The number of nitrogens with zero attached hydrogens (tertiary/aromatic N) is 1. The highest BCUT2D eigenvalue weighted by atomic mass is 16.3. The van der Waals surface area contributed by atoms with E-state index in [9.17, 15) is 0 Å². The van der Waals surface area contributed by atoms with Crippen LogP contribution in [0.15, 0.2) is 229 Å². The fraction of sp³-hybridized carbons (Fsp3) is 0. The van der Waals surface area contributed by atoms with Gasteiger partial charge in [-0.3, -0.25) is 0 Å². The maximum atomic E-state index is 6.85. The summed E-state index contributed by atoms with van der Waals surface area (Å²) in [4.78, 5) is 2.39. The molecule has 0 saturated heterocycles. The molecule has 2 nitrogen and oxygen atoms in total. The molecule has 11 rings (SSSR count). The van der Waals surface area contributed by atoms with Gasteiger partial charge in [0.2, 0.25) is 0 Å². The van der Waals surface area contributed by atoms with E-state index >= 15 is 0 Å². The number of fused-ring (bicyclic) bond motifs is 5. The van der Waals surface area contributed by atoms with E-state index in [2.05, 4.69) is 229 Å². The Bertz CT molecular complexity index is 3260. The van der Waals surface area contributed by atoms with Crippen molar-refractivity contribution in [1.82, 2.24) is 0 Å². The molecule has 0 saturated carbocycles. The van der Waals surface area contributed by atoms with Crippen LogP contribution in [0.5, 0.6) is 0 Å². The fourth-order valence-corrected chi connectivity index (χ4v) is 8.59. The first kappa shape index (κ1) is 33.6. The van der Waals surface area contributed by atoms with Gasteiger partial charge in [0.15, 0.2) is 0 Å². The van der Waals surface area contributed by atoms with Crippen molar-refractivity contribution in [2.24, 2.45) is 0 Å². The van der Waals surface area contributed by atoms with Crippen LogP contribution in [0.4, 0.5) is 17.1 Å². The minimum atomic E-state index is 0.866. The lowest BCUT2D eigenvalue weighted by Crippen LogP contribution is -2.10. The molecule has 0 aliphatic rings. The van der Waals surface area contributed by atoms with Crippen molar-refractivity contribution in [2.75, 3.05) is 4.90 Å². The van der Waals surface area contributed by atoms with Crippen LogP contribution in [0, 0.1) is 0 Å². The molecule has 11 aromatic rings. The molecule has 0 N–H and O–H groups in total. The van der Waals surface area contributed by atoms with E-state index < -0.39 is 0 Å². The number of para-hydroxylation sites is 1. The summed E-state index contributed by atoms with van der Waals surface area (Å²) in [5, 5.41) is 7.05. The molecule has 0 atom stereocenters. The van der Waals surface area contributed by atoms with Gasteiger partial charge in [0.05, 0.1) is 11.1 Å². The Labute approximate surface area is 337 Å². The van der Waals surface area contributed by atoms with E-state index in [0.717, 1.165) is 55.7 Å². The van der Waals surface area contributed by atoms with Crippen LogP contribution in [-0.4, -0.2) is 0 Å². The van der Waals surface area contributed by atoms with Crippen molar-refractivity contribution in [3.8, 4) is 44.5 Å². The first-order valence-corrected chi connectivity index (χ1v) is 19.8. The summed E-state index contributed by atoms with van der Waals surface area (Å²) in [6, 6.07) is 80.6. The molecule has 0 bridgehead atoms. The zero-order valence-electron chi connectivity index (χ0n) is 31.7. The third-order valence-electron chi connectivity index (χ3n) is 11.5. The van der Waals surface area contributed by atoms with Crippen molar-refractivity contribution in [3.63, 3.8) is 0 Å². The van der Waals surface area contributed by atoms with E-state index in [1.807, 2.05) is 0 Å². The first-order chi connectivity index (χ1) is 28.7. The number of anilines is 3. The highest BCUT2D eigenvalue weighted by Crippen LogP contribution is 2.47. The Morgan fingerprint density at radius 2 is 0.879 bits per heavy atom. The second-order valence-corrected chi connectivity index (χ2v) is 14.9. The van der Waals surface area contributed by atoms with E-state index in [-0.39, 0.29) is 0 Å². The van der Waals surface area contributed by atoms with Crippen molar-refractivity contribution in [2.45, 2.75) is 0 Å². The third-order valence-corrected chi connectivity index (χ3v) is 11.5. The van der Waals surface area contributed by atoms with Gasteiger partial charge in [-0.1, -0.05) is 176 Å². The lowest BCUT2D eigenvalue weighted by molar-refractivity contribution is 0.670. The van der Waals surface area contributed by atoms with Gasteiger partial charge in [0.1, 0.15) is 11.2 Å². The average molecular weight is 740 g/mol. The normalized spacial score (nSPS) is 11.4. The molecule has 10 aromatic carbocycles. The van der Waals surface area contributed by atoms with Gasteiger partial charge in [-0.2, -0.15) is 0 Å². The summed E-state index contributed by atoms with van der Waals surface area (Å²) in [5.74, 6) is 0. The summed E-state index contributed by atoms with van der Waals surface area (Å²) >= 11 is 0. The van der Waals surface area contributed by atoms with Crippen LogP contribution < -0.4 is 4.90 Å². The summed E-state index contributed by atoms with van der Waals surface area (Å²) in [6.07, 6.45) is 0. The number of rotatable bonds is 7. The van der Waals surface area contributed by atoms with Crippen LogP contribution in [0.1, 0.15) is 0 Å². The molecule has 272 valence electrons. The third kappa shape index (κ3) is 5.91. The number of furan rings is 1. The van der Waals surface area contributed by atoms with E-state index in [4.69, 9.17) is 4.42 Å². The minimum absolute atomic E-state index is 0.866. The fourth-order valence-electron chi connectivity index (χ4n) is 8.59. The maximum Gasteiger partial charge on any atom is 0.145 e. The van der Waals surface area contributed by atoms with Crippen molar-refractivity contribution in [1.29, 1.82) is 0 Å². The molecule has 0 unspecified atom stereocenters. The van der Waals surface area contributed by atoms with Gasteiger partial charge in [-0.25, -0.2) is 0 Å². The van der Waals surface area contributed by atoms with Crippen molar-refractivity contribution in [3.05, 3.63) is 224 Å². The Morgan fingerprint density at radius 3 is 1.67 bits per heavy atom. The number of hydrogen-bond donors (Lipinski definition) is 0. The Hall–Kier alpha value is -7.68. The molecular formula is C56H37NO. The Kier molecular flexibility index (Phi) is 8.19. The summed E-state index contributed by atoms with van der Waals surface area (Å²) in [5.41, 5.74) is 14.3. The molecule has 0 aliphatic heterocycles. The van der Waals surface area contributed by atoms with Gasteiger partial charge in [0.25, 0.3) is 0 Å². The average Bonchev–Trinajstić information content (AvgIpc) is 3.70. The largest absolute Gasteiger partial charge is 0.455 e.